The van der Waals surface area contributed by atoms with Crippen LogP contribution in [0, 0.1) is 0 Å². The second kappa shape index (κ2) is 63.0. The van der Waals surface area contributed by atoms with Crippen molar-refractivity contribution in [1.29, 1.82) is 0 Å². The number of rotatable bonds is 61. The Kier molecular flexibility index (Phi) is 63.0. The van der Waals surface area contributed by atoms with Gasteiger partial charge in [-0.05, 0) is 0 Å². The van der Waals surface area contributed by atoms with Gasteiger partial charge in [0.25, 0.3) is 0 Å². The fourth-order valence-electron chi connectivity index (χ4n) is 10.8. The molecule has 0 fully saturated rings. The first-order chi connectivity index (χ1) is 31.9. The lowest BCUT2D eigenvalue weighted by atomic mass is 10.0. The van der Waals surface area contributed by atoms with Gasteiger partial charge in [-0.1, -0.05) is 412 Å². The summed E-state index contributed by atoms with van der Waals surface area (Å²) >= 11 is 0. The number of hydrogen-bond acceptors (Lipinski definition) is 0. The van der Waals surface area contributed by atoms with Gasteiger partial charge in [0, 0.05) is 0 Å². The fraction of sp³-hybridized carbons (Fsp3) is 1.00. The second-order valence-corrected chi connectivity index (χ2v) is 22.2. The van der Waals surface area contributed by atoms with Crippen molar-refractivity contribution in [1.82, 2.24) is 0 Å². The molecular weight excluding hydrogens is 769 g/mol. The lowest BCUT2D eigenvalue weighted by Crippen LogP contribution is -1.85. The molecule has 0 aromatic rings. The lowest BCUT2D eigenvalue weighted by molar-refractivity contribution is 0.506. The van der Waals surface area contributed by atoms with Crippen LogP contribution in [0.1, 0.15) is 412 Å². The minimum absolute atomic E-state index is 1.37. The summed E-state index contributed by atoms with van der Waals surface area (Å²) < 4.78 is 0. The predicted octanol–water partition coefficient (Wildman–Crippen LogP) is 25.2. The molecule has 0 N–H and O–H groups in total. The van der Waals surface area contributed by atoms with Gasteiger partial charge >= 0.3 is 0 Å². The highest BCUT2D eigenvalue weighted by Crippen LogP contribution is 2.20. The molecule has 0 amide bonds. The maximum absolute atomic E-state index is 2.31. The van der Waals surface area contributed by atoms with Crippen molar-refractivity contribution in [2.24, 2.45) is 0 Å². The topological polar surface area (TPSA) is 0 Å². The Balaban J connectivity index is 3.06. The van der Waals surface area contributed by atoms with E-state index in [4.69, 9.17) is 0 Å². The summed E-state index contributed by atoms with van der Waals surface area (Å²) in [6.45, 7) is 4.63. The van der Waals surface area contributed by atoms with Crippen molar-refractivity contribution in [3.8, 4) is 0 Å². The smallest absolute Gasteiger partial charge is 0.0533 e. The average Bonchev–Trinajstić information content (AvgIpc) is 3.31. The first-order valence-electron chi connectivity index (χ1n) is 31.9. The van der Waals surface area contributed by atoms with Crippen LogP contribution in [0.2, 0.25) is 0 Å². The van der Waals surface area contributed by atoms with Crippen molar-refractivity contribution < 1.29 is 0 Å². The van der Waals surface area contributed by atoms with E-state index in [0.717, 1.165) is 0 Å². The molecule has 0 saturated heterocycles. The Hall–Kier alpha value is 0. The molecule has 0 spiro atoms. The van der Waals surface area contributed by atoms with E-state index in [9.17, 15) is 0 Å². The van der Waals surface area contributed by atoms with Crippen LogP contribution in [-0.4, -0.2) is 0 Å². The first kappa shape index (κ1) is 64.0. The first-order valence-corrected chi connectivity index (χ1v) is 31.9. The van der Waals surface area contributed by atoms with E-state index in [0.29, 0.717) is 0 Å². The van der Waals surface area contributed by atoms with E-state index in [-0.39, 0.29) is 0 Å². The zero-order valence-corrected chi connectivity index (χ0v) is 45.8. The number of hydrogen-bond donors (Lipinski definition) is 0. The molecule has 0 aliphatic carbocycles. The molecule has 0 aromatic heterocycles. The molecule has 0 rings (SSSR count). The van der Waals surface area contributed by atoms with Gasteiger partial charge in [0.2, 0.25) is 0 Å². The van der Waals surface area contributed by atoms with Gasteiger partial charge < -0.3 is 0 Å². The van der Waals surface area contributed by atoms with Crippen molar-refractivity contribution in [2.75, 3.05) is 0 Å². The third-order valence-electron chi connectivity index (χ3n) is 15.5. The highest BCUT2D eigenvalue weighted by atomic mass is 14.1. The maximum atomic E-state index is 2.31. The molecule has 0 radical (unpaired) electrons. The van der Waals surface area contributed by atoms with E-state index in [1.54, 1.807) is 0 Å². The second-order valence-electron chi connectivity index (χ2n) is 22.2. The molecule has 0 aliphatic rings. The van der Waals surface area contributed by atoms with Gasteiger partial charge in [-0.25, -0.2) is 0 Å². The van der Waals surface area contributed by atoms with Crippen LogP contribution in [0.25, 0.3) is 0 Å². The van der Waals surface area contributed by atoms with Crippen LogP contribution >= 0.6 is 0 Å². The highest BCUT2D eigenvalue weighted by molar-refractivity contribution is 4.56. The third kappa shape index (κ3) is 62.0. The minimum atomic E-state index is 1.37. The molecule has 0 atom stereocenters. The minimum Gasteiger partial charge on any atom is -0.0654 e. The molecule has 0 aromatic carbocycles. The van der Waals surface area contributed by atoms with Crippen LogP contribution < -0.4 is 0 Å². The van der Waals surface area contributed by atoms with Crippen molar-refractivity contribution in [3.05, 3.63) is 0 Å². The Labute approximate surface area is 410 Å². The van der Waals surface area contributed by atoms with E-state index in [2.05, 4.69) is 13.8 Å². The Morgan fingerprint density at radius 2 is 0.125 bits per heavy atom. The van der Waals surface area contributed by atoms with E-state index in [1.807, 2.05) is 0 Å². The SMILES string of the molecule is CCCCCCCCCCCCCCCCCCCCCCCCCCCCCCCCCCCCCCCCCCCCCCCCCCCCCCCCCCCCCCCC. The highest BCUT2D eigenvalue weighted by Gasteiger charge is 2.00. The Morgan fingerprint density at radius 1 is 0.0781 bits per heavy atom. The monoisotopic (exact) mass is 899 g/mol. The van der Waals surface area contributed by atoms with Crippen molar-refractivity contribution in [2.45, 2.75) is 412 Å². The zero-order chi connectivity index (χ0) is 45.8. The van der Waals surface area contributed by atoms with Gasteiger partial charge in [0.1, 0.15) is 0 Å². The molecule has 0 bridgehead atoms. The molecule has 386 valence electrons. The summed E-state index contributed by atoms with van der Waals surface area (Å²) in [5.41, 5.74) is 0. The predicted molar refractivity (Wildman–Crippen MR) is 298 cm³/mol. The summed E-state index contributed by atoms with van der Waals surface area (Å²) in [5, 5.41) is 0. The summed E-state index contributed by atoms with van der Waals surface area (Å²) in [6.07, 6.45) is 92.4. The molecule has 0 nitrogen and oxygen atoms in total. The van der Waals surface area contributed by atoms with Gasteiger partial charge in [0.15, 0.2) is 0 Å². The Morgan fingerprint density at radius 3 is 0.172 bits per heavy atom. The fourth-order valence-corrected chi connectivity index (χ4v) is 10.8. The third-order valence-corrected chi connectivity index (χ3v) is 15.5. The van der Waals surface area contributed by atoms with Gasteiger partial charge in [-0.2, -0.15) is 0 Å². The molecular formula is C64H130. The molecule has 0 unspecified atom stereocenters. The molecule has 0 heterocycles. The molecule has 0 saturated carbocycles. The Bertz CT molecular complexity index is 676. The maximum Gasteiger partial charge on any atom is -0.0533 e. The number of unbranched alkanes of at least 4 members (excludes halogenated alkanes) is 61. The van der Waals surface area contributed by atoms with E-state index < -0.39 is 0 Å². The van der Waals surface area contributed by atoms with Crippen LogP contribution in [0.5, 0.6) is 0 Å². The zero-order valence-electron chi connectivity index (χ0n) is 45.8. The quantitative estimate of drug-likeness (QED) is 0.0534. The lowest BCUT2D eigenvalue weighted by Gasteiger charge is -2.05. The van der Waals surface area contributed by atoms with Crippen molar-refractivity contribution >= 4 is 0 Å². The molecule has 64 heavy (non-hydrogen) atoms. The van der Waals surface area contributed by atoms with Crippen molar-refractivity contribution in [3.63, 3.8) is 0 Å². The van der Waals surface area contributed by atoms with Gasteiger partial charge in [0.05, 0.1) is 0 Å². The summed E-state index contributed by atoms with van der Waals surface area (Å²) in [5.74, 6) is 0. The van der Waals surface area contributed by atoms with Crippen LogP contribution in [0.4, 0.5) is 0 Å². The van der Waals surface area contributed by atoms with E-state index in [1.165, 1.54) is 398 Å². The van der Waals surface area contributed by atoms with Crippen LogP contribution in [0.15, 0.2) is 0 Å². The normalized spacial score (nSPS) is 11.7. The summed E-state index contributed by atoms with van der Waals surface area (Å²) in [7, 11) is 0. The molecule has 0 aliphatic heterocycles. The standard InChI is InChI=1S/C64H130/c1-3-5-7-9-11-13-15-17-19-21-23-25-27-29-31-33-35-37-39-41-43-45-47-49-51-53-55-57-59-61-63-64-62-60-58-56-54-52-50-48-46-44-42-40-38-36-34-32-30-28-26-24-22-20-18-16-14-12-10-8-6-4-2/h3-64H2,1-2H3. The van der Waals surface area contributed by atoms with Gasteiger partial charge in [-0.3, -0.25) is 0 Å². The van der Waals surface area contributed by atoms with E-state index >= 15 is 0 Å². The van der Waals surface area contributed by atoms with Gasteiger partial charge in [-0.15, -0.1) is 0 Å². The molecule has 0 heteroatoms. The average molecular weight is 900 g/mol. The summed E-state index contributed by atoms with van der Waals surface area (Å²) in [4.78, 5) is 0. The van der Waals surface area contributed by atoms with Crippen LogP contribution in [0.3, 0.4) is 0 Å². The van der Waals surface area contributed by atoms with Crippen LogP contribution in [-0.2, 0) is 0 Å². The summed E-state index contributed by atoms with van der Waals surface area (Å²) in [6, 6.07) is 0. The largest absolute Gasteiger partial charge is 0.0654 e.